The number of hydrogen-bond donors (Lipinski definition) is 0. The van der Waals surface area contributed by atoms with Gasteiger partial charge < -0.3 is 14.2 Å². The predicted octanol–water partition coefficient (Wildman–Crippen LogP) is 1.20. The van der Waals surface area contributed by atoms with Gasteiger partial charge in [0.15, 0.2) is 6.23 Å². The van der Waals surface area contributed by atoms with Crippen molar-refractivity contribution in [1.29, 1.82) is 0 Å². The van der Waals surface area contributed by atoms with Crippen LogP contribution < -0.4 is 4.74 Å². The molecule has 1 aromatic carbocycles. The largest absolute Gasteiger partial charge is 0.470 e. The van der Waals surface area contributed by atoms with Crippen molar-refractivity contribution in [3.05, 3.63) is 39.4 Å². The number of nitrogens with zero attached hydrogens (tertiary/aromatic N) is 2. The van der Waals surface area contributed by atoms with Gasteiger partial charge in [-0.1, -0.05) is 0 Å². The van der Waals surface area contributed by atoms with E-state index in [0.29, 0.717) is 43.2 Å². The Morgan fingerprint density at radius 2 is 2.13 bits per heavy atom. The zero-order valence-electron chi connectivity index (χ0n) is 12.6. The molecule has 0 aliphatic carbocycles. The highest BCUT2D eigenvalue weighted by atomic mass is 16.6. The molecular weight excluding hydrogens is 304 g/mol. The quantitative estimate of drug-likeness (QED) is 0.469. The number of ether oxygens (including phenoxy) is 3. The van der Waals surface area contributed by atoms with Gasteiger partial charge in [-0.3, -0.25) is 15.0 Å². The maximum Gasteiger partial charge on any atom is 0.338 e. The minimum absolute atomic E-state index is 0.0577. The molecule has 0 bridgehead atoms. The third-order valence-corrected chi connectivity index (χ3v) is 3.82. The standard InChI is InChI=1S/C15H16N2O6/c1-21-15(18)12-9-10-8-11(17(19)20)2-3-13(10)23-14(12)16-4-6-22-7-5-16/h2-3,8-9,14H,4-7H2,1H3. The topological polar surface area (TPSA) is 91.1 Å². The van der Waals surface area contributed by atoms with E-state index in [-0.39, 0.29) is 5.69 Å². The van der Waals surface area contributed by atoms with Crippen LogP contribution in [0, 0.1) is 10.1 Å². The molecule has 3 rings (SSSR count). The highest BCUT2D eigenvalue weighted by molar-refractivity contribution is 5.96. The first-order chi connectivity index (χ1) is 11.1. The third-order valence-electron chi connectivity index (χ3n) is 3.82. The van der Waals surface area contributed by atoms with Gasteiger partial charge in [-0.05, 0) is 12.1 Å². The number of nitro groups is 1. The number of benzene rings is 1. The second-order valence-corrected chi connectivity index (χ2v) is 5.19. The van der Waals surface area contributed by atoms with Gasteiger partial charge in [0, 0.05) is 30.8 Å². The molecule has 0 aromatic heterocycles. The molecule has 1 aromatic rings. The van der Waals surface area contributed by atoms with Crippen LogP contribution in [-0.4, -0.2) is 55.4 Å². The van der Waals surface area contributed by atoms with E-state index in [1.807, 2.05) is 4.90 Å². The number of nitro benzene ring substituents is 1. The summed E-state index contributed by atoms with van der Waals surface area (Å²) in [5.74, 6) is -0.0154. The smallest absolute Gasteiger partial charge is 0.338 e. The lowest BCUT2D eigenvalue weighted by Gasteiger charge is -2.36. The van der Waals surface area contributed by atoms with Crippen molar-refractivity contribution < 1.29 is 23.9 Å². The minimum Gasteiger partial charge on any atom is -0.470 e. The van der Waals surface area contributed by atoms with Crippen LogP contribution in [0.5, 0.6) is 5.75 Å². The second kappa shape index (κ2) is 6.35. The van der Waals surface area contributed by atoms with E-state index >= 15 is 0 Å². The number of hydrogen-bond acceptors (Lipinski definition) is 7. The fraction of sp³-hybridized carbons (Fsp3) is 0.400. The van der Waals surface area contributed by atoms with Gasteiger partial charge in [0.1, 0.15) is 5.75 Å². The summed E-state index contributed by atoms with van der Waals surface area (Å²) in [6.07, 6.45) is 1.01. The lowest BCUT2D eigenvalue weighted by atomic mass is 10.0. The van der Waals surface area contributed by atoms with Gasteiger partial charge in [-0.25, -0.2) is 4.79 Å². The van der Waals surface area contributed by atoms with Gasteiger partial charge in [0.05, 0.1) is 30.8 Å². The summed E-state index contributed by atoms with van der Waals surface area (Å²) in [6, 6.07) is 4.31. The Kier molecular flexibility index (Phi) is 4.26. The van der Waals surface area contributed by atoms with Crippen molar-refractivity contribution >= 4 is 17.7 Å². The summed E-state index contributed by atoms with van der Waals surface area (Å²) in [7, 11) is 1.29. The zero-order chi connectivity index (χ0) is 16.4. The summed E-state index contributed by atoms with van der Waals surface area (Å²) >= 11 is 0. The monoisotopic (exact) mass is 320 g/mol. The van der Waals surface area contributed by atoms with E-state index in [1.165, 1.54) is 19.2 Å². The van der Waals surface area contributed by atoms with Gasteiger partial charge in [0.25, 0.3) is 5.69 Å². The Morgan fingerprint density at radius 1 is 1.39 bits per heavy atom. The number of fused-ring (bicyclic) bond motifs is 1. The van der Waals surface area contributed by atoms with Crippen molar-refractivity contribution in [2.24, 2.45) is 0 Å². The van der Waals surface area contributed by atoms with Crippen LogP contribution >= 0.6 is 0 Å². The molecule has 1 saturated heterocycles. The molecule has 8 nitrogen and oxygen atoms in total. The van der Waals surface area contributed by atoms with Crippen molar-refractivity contribution in [1.82, 2.24) is 4.90 Å². The van der Waals surface area contributed by atoms with Crippen LogP contribution in [0.4, 0.5) is 5.69 Å². The number of rotatable bonds is 3. The maximum atomic E-state index is 12.1. The van der Waals surface area contributed by atoms with Crippen LogP contribution in [-0.2, 0) is 14.3 Å². The predicted molar refractivity (Wildman–Crippen MR) is 79.9 cm³/mol. The average molecular weight is 320 g/mol. The van der Waals surface area contributed by atoms with Crippen LogP contribution in [0.3, 0.4) is 0 Å². The molecule has 0 spiro atoms. The molecule has 0 radical (unpaired) electrons. The van der Waals surface area contributed by atoms with Gasteiger partial charge >= 0.3 is 5.97 Å². The Morgan fingerprint density at radius 3 is 2.78 bits per heavy atom. The molecule has 2 aliphatic heterocycles. The number of non-ortho nitro benzene ring substituents is 1. The number of morpholine rings is 1. The number of carbonyl (C=O) groups is 1. The summed E-state index contributed by atoms with van der Waals surface area (Å²) in [5, 5.41) is 10.9. The SMILES string of the molecule is COC(=O)C1=Cc2cc([N+](=O)[O-])ccc2OC1N1CCOCC1. The second-order valence-electron chi connectivity index (χ2n) is 5.19. The first-order valence-electron chi connectivity index (χ1n) is 7.17. The number of carbonyl (C=O) groups excluding carboxylic acids is 1. The average Bonchev–Trinajstić information content (AvgIpc) is 2.60. The van der Waals surface area contributed by atoms with Crippen molar-refractivity contribution in [2.45, 2.75) is 6.23 Å². The fourth-order valence-corrected chi connectivity index (χ4v) is 2.65. The Balaban J connectivity index is 1.98. The number of esters is 1. The molecule has 122 valence electrons. The highest BCUT2D eigenvalue weighted by Gasteiger charge is 2.34. The number of methoxy groups -OCH3 is 1. The van der Waals surface area contributed by atoms with E-state index < -0.39 is 17.1 Å². The van der Waals surface area contributed by atoms with Crippen molar-refractivity contribution in [3.63, 3.8) is 0 Å². The fourth-order valence-electron chi connectivity index (χ4n) is 2.65. The molecule has 1 atom stereocenters. The molecule has 0 N–H and O–H groups in total. The molecule has 8 heteroatoms. The van der Waals surface area contributed by atoms with Crippen LogP contribution in [0.1, 0.15) is 5.56 Å². The van der Waals surface area contributed by atoms with Crippen molar-refractivity contribution in [3.8, 4) is 5.75 Å². The van der Waals surface area contributed by atoms with Crippen LogP contribution in [0.2, 0.25) is 0 Å². The minimum atomic E-state index is -0.583. The normalized spacial score (nSPS) is 20.9. The van der Waals surface area contributed by atoms with E-state index in [2.05, 4.69) is 0 Å². The van der Waals surface area contributed by atoms with Gasteiger partial charge in [-0.2, -0.15) is 0 Å². The Labute approximate surface area is 132 Å². The molecule has 1 fully saturated rings. The first kappa shape index (κ1) is 15.4. The van der Waals surface area contributed by atoms with Crippen LogP contribution in [0.15, 0.2) is 23.8 Å². The Hall–Kier alpha value is -2.45. The molecule has 0 amide bonds. The Bertz CT molecular complexity index is 666. The summed E-state index contributed by atoms with van der Waals surface area (Å²) in [4.78, 5) is 24.5. The summed E-state index contributed by atoms with van der Waals surface area (Å²) in [6.45, 7) is 2.37. The molecule has 23 heavy (non-hydrogen) atoms. The molecule has 2 aliphatic rings. The molecular formula is C15H16N2O6. The third kappa shape index (κ3) is 3.03. The van der Waals surface area contributed by atoms with E-state index in [0.717, 1.165) is 0 Å². The lowest BCUT2D eigenvalue weighted by molar-refractivity contribution is -0.384. The first-order valence-corrected chi connectivity index (χ1v) is 7.17. The van der Waals surface area contributed by atoms with E-state index in [4.69, 9.17) is 14.2 Å². The maximum absolute atomic E-state index is 12.1. The van der Waals surface area contributed by atoms with Gasteiger partial charge in [-0.15, -0.1) is 0 Å². The van der Waals surface area contributed by atoms with E-state index in [1.54, 1.807) is 12.1 Å². The van der Waals surface area contributed by atoms with Crippen molar-refractivity contribution in [2.75, 3.05) is 33.4 Å². The summed E-state index contributed by atoms with van der Waals surface area (Å²) in [5.41, 5.74) is 0.754. The molecule has 2 heterocycles. The zero-order valence-corrected chi connectivity index (χ0v) is 12.6. The molecule has 1 unspecified atom stereocenters. The van der Waals surface area contributed by atoms with Gasteiger partial charge in [0.2, 0.25) is 0 Å². The molecule has 0 saturated carbocycles. The van der Waals surface area contributed by atoms with E-state index in [9.17, 15) is 14.9 Å². The lowest BCUT2D eigenvalue weighted by Crippen LogP contribution is -2.49. The summed E-state index contributed by atoms with van der Waals surface area (Å²) < 4.78 is 16.1. The van der Waals surface area contributed by atoms with Crippen LogP contribution in [0.25, 0.3) is 6.08 Å². The highest BCUT2D eigenvalue weighted by Crippen LogP contribution is 2.34.